The number of ether oxygens (including phenoxy) is 3. The van der Waals surface area contributed by atoms with Gasteiger partial charge in [-0.05, 0) is 64.7 Å². The fourth-order valence-electron chi connectivity index (χ4n) is 3.15. The molecule has 6 nitrogen and oxygen atoms in total. The lowest BCUT2D eigenvalue weighted by Gasteiger charge is -2.15. The van der Waals surface area contributed by atoms with Gasteiger partial charge < -0.3 is 18.6 Å². The summed E-state index contributed by atoms with van der Waals surface area (Å²) < 4.78 is 22.6. The van der Waals surface area contributed by atoms with Crippen LogP contribution in [-0.2, 0) is 4.79 Å². The third-order valence-electron chi connectivity index (χ3n) is 4.75. The van der Waals surface area contributed by atoms with Gasteiger partial charge in [-0.15, -0.1) is 0 Å². The maximum atomic E-state index is 12.7. The quantitative estimate of drug-likeness (QED) is 0.119. The Kier molecular flexibility index (Phi) is 10.5. The van der Waals surface area contributed by atoms with E-state index in [2.05, 4.69) is 19.9 Å². The predicted molar refractivity (Wildman–Crippen MR) is 131 cm³/mol. The molecule has 0 atom stereocenters. The molecule has 1 heterocycles. The summed E-state index contributed by atoms with van der Waals surface area (Å²) in [5.74, 6) is -0.0471. The molecular weight excluding hydrogens is 420 g/mol. The molecule has 6 heteroatoms. The molecular formula is C27H34O6. The van der Waals surface area contributed by atoms with Crippen molar-refractivity contribution in [2.45, 2.75) is 60.3 Å². The number of allylic oxidation sites excluding steroid dienone is 4. The third kappa shape index (κ3) is 8.29. The first kappa shape index (κ1) is 26.0. The number of fused-ring (bicyclic) bond motifs is 1. The molecule has 0 saturated carbocycles. The highest BCUT2D eigenvalue weighted by Crippen LogP contribution is 2.39. The van der Waals surface area contributed by atoms with Crippen LogP contribution >= 0.6 is 0 Å². The lowest BCUT2D eigenvalue weighted by Crippen LogP contribution is -2.12. The number of hydrogen-bond donors (Lipinski definition) is 0. The van der Waals surface area contributed by atoms with Crippen LogP contribution in [0.2, 0.25) is 0 Å². The highest BCUT2D eigenvalue weighted by atomic mass is 16.5. The van der Waals surface area contributed by atoms with E-state index >= 15 is 0 Å². The van der Waals surface area contributed by atoms with E-state index < -0.39 is 11.6 Å². The molecule has 0 N–H and O–H groups in total. The van der Waals surface area contributed by atoms with Crippen molar-refractivity contribution in [3.63, 3.8) is 0 Å². The first-order valence-corrected chi connectivity index (χ1v) is 11.3. The first-order chi connectivity index (χ1) is 15.8. The van der Waals surface area contributed by atoms with Crippen LogP contribution in [0, 0.1) is 0 Å². The van der Waals surface area contributed by atoms with Crippen LogP contribution in [0.5, 0.6) is 17.2 Å². The van der Waals surface area contributed by atoms with Crippen molar-refractivity contribution in [2.75, 3.05) is 13.2 Å². The summed E-state index contributed by atoms with van der Waals surface area (Å²) in [7, 11) is 0. The number of carbonyl (C=O) groups is 1. The van der Waals surface area contributed by atoms with Gasteiger partial charge in [-0.2, -0.15) is 0 Å². The molecule has 0 fully saturated rings. The number of hydrogen-bond acceptors (Lipinski definition) is 6. The molecule has 0 radical (unpaired) electrons. The van der Waals surface area contributed by atoms with Crippen LogP contribution in [0.4, 0.5) is 0 Å². The van der Waals surface area contributed by atoms with E-state index in [9.17, 15) is 9.59 Å². The van der Waals surface area contributed by atoms with Crippen molar-refractivity contribution in [3.8, 4) is 17.2 Å². The fourth-order valence-corrected chi connectivity index (χ4v) is 3.15. The molecule has 2 rings (SSSR count). The zero-order chi connectivity index (χ0) is 24.2. The molecule has 0 aliphatic heterocycles. The van der Waals surface area contributed by atoms with Crippen LogP contribution in [-0.4, -0.2) is 19.2 Å². The average Bonchev–Trinajstić information content (AvgIpc) is 2.74. The summed E-state index contributed by atoms with van der Waals surface area (Å²) in [6.45, 7) is 10.1. The number of esters is 1. The second kappa shape index (κ2) is 13.3. The SMILES string of the molecule is CCC=CCCOc1c(OC/C=C(\C)CCC=C(C)C)c2c(OC(C)=O)cccc2oc1=O. The molecule has 0 unspecified atom stereocenters. The Labute approximate surface area is 195 Å². The minimum atomic E-state index is -0.638. The van der Waals surface area contributed by atoms with Crippen molar-refractivity contribution in [1.29, 1.82) is 0 Å². The standard InChI is InChI=1S/C27H34O6/c1-6-7-8-9-17-30-26-25(31-18-16-20(4)13-10-12-19(2)3)24-22(32-21(5)28)14-11-15-23(24)33-27(26)29/h7-8,11-12,14-16H,6,9-10,13,17-18H2,1-5H3/b8-7?,20-16+. The van der Waals surface area contributed by atoms with Crippen molar-refractivity contribution in [2.24, 2.45) is 0 Å². The van der Waals surface area contributed by atoms with E-state index in [-0.39, 0.29) is 36.0 Å². The van der Waals surface area contributed by atoms with E-state index in [1.807, 2.05) is 32.1 Å². The number of benzene rings is 1. The van der Waals surface area contributed by atoms with Gasteiger partial charge in [-0.3, -0.25) is 4.79 Å². The Morgan fingerprint density at radius 1 is 1.00 bits per heavy atom. The van der Waals surface area contributed by atoms with Gasteiger partial charge in [0.1, 0.15) is 23.3 Å². The summed E-state index contributed by atoms with van der Waals surface area (Å²) in [5, 5.41) is 0.391. The van der Waals surface area contributed by atoms with Gasteiger partial charge in [-0.1, -0.05) is 42.4 Å². The Bertz CT molecular complexity index is 1080. The minimum absolute atomic E-state index is 0.0254. The van der Waals surface area contributed by atoms with Gasteiger partial charge >= 0.3 is 11.6 Å². The number of rotatable bonds is 12. The summed E-state index contributed by atoms with van der Waals surface area (Å²) in [6.07, 6.45) is 11.6. The van der Waals surface area contributed by atoms with Crippen LogP contribution in [0.25, 0.3) is 11.0 Å². The Hall–Kier alpha value is -3.28. The van der Waals surface area contributed by atoms with Crippen molar-refractivity contribution < 1.29 is 23.4 Å². The highest BCUT2D eigenvalue weighted by molar-refractivity contribution is 5.93. The molecule has 0 saturated heterocycles. The lowest BCUT2D eigenvalue weighted by molar-refractivity contribution is -0.131. The van der Waals surface area contributed by atoms with Gasteiger partial charge in [0.05, 0.1) is 6.61 Å². The number of carbonyl (C=O) groups excluding carboxylic acids is 1. The molecule has 0 aliphatic carbocycles. The van der Waals surface area contributed by atoms with Crippen LogP contribution in [0.3, 0.4) is 0 Å². The largest absolute Gasteiger partial charge is 0.484 e. The van der Waals surface area contributed by atoms with Gasteiger partial charge in [0.15, 0.2) is 5.75 Å². The van der Waals surface area contributed by atoms with Gasteiger partial charge in [0.25, 0.3) is 0 Å². The Morgan fingerprint density at radius 3 is 2.48 bits per heavy atom. The lowest BCUT2D eigenvalue weighted by atomic mass is 10.1. The van der Waals surface area contributed by atoms with Crippen molar-refractivity contribution in [3.05, 3.63) is 64.1 Å². The maximum Gasteiger partial charge on any atom is 0.383 e. The Morgan fingerprint density at radius 2 is 1.79 bits per heavy atom. The summed E-state index contributed by atoms with van der Waals surface area (Å²) >= 11 is 0. The molecule has 1 aromatic heterocycles. The molecule has 2 aromatic rings. The molecule has 0 spiro atoms. The average molecular weight is 455 g/mol. The summed E-state index contributed by atoms with van der Waals surface area (Å²) in [4.78, 5) is 24.3. The normalized spacial score (nSPS) is 11.6. The zero-order valence-electron chi connectivity index (χ0n) is 20.2. The van der Waals surface area contributed by atoms with E-state index in [0.717, 1.165) is 19.3 Å². The fraction of sp³-hybridized carbons (Fsp3) is 0.407. The maximum absolute atomic E-state index is 12.7. The van der Waals surface area contributed by atoms with Crippen molar-refractivity contribution >= 4 is 16.9 Å². The van der Waals surface area contributed by atoms with Crippen molar-refractivity contribution in [1.82, 2.24) is 0 Å². The molecule has 0 aliphatic rings. The van der Waals surface area contributed by atoms with Gasteiger partial charge in [0, 0.05) is 6.92 Å². The molecule has 33 heavy (non-hydrogen) atoms. The summed E-state index contributed by atoms with van der Waals surface area (Å²) in [6, 6.07) is 4.91. The molecule has 1 aromatic carbocycles. The second-order valence-corrected chi connectivity index (χ2v) is 7.97. The van der Waals surface area contributed by atoms with Gasteiger partial charge in [-0.25, -0.2) is 4.79 Å². The van der Waals surface area contributed by atoms with E-state index in [0.29, 0.717) is 11.8 Å². The smallest absolute Gasteiger partial charge is 0.383 e. The van der Waals surface area contributed by atoms with Crippen LogP contribution in [0.15, 0.2) is 62.9 Å². The predicted octanol–water partition coefficient (Wildman–Crippen LogP) is 6.52. The van der Waals surface area contributed by atoms with E-state index in [1.54, 1.807) is 18.2 Å². The van der Waals surface area contributed by atoms with Crippen LogP contribution in [0.1, 0.15) is 60.3 Å². The Balaban J connectivity index is 2.39. The molecule has 0 amide bonds. The van der Waals surface area contributed by atoms with Gasteiger partial charge in [0.2, 0.25) is 5.75 Å². The first-order valence-electron chi connectivity index (χ1n) is 11.3. The second-order valence-electron chi connectivity index (χ2n) is 7.97. The summed E-state index contributed by atoms with van der Waals surface area (Å²) in [5.41, 5.74) is 2.08. The van der Waals surface area contributed by atoms with E-state index in [4.69, 9.17) is 18.6 Å². The molecule has 0 bridgehead atoms. The van der Waals surface area contributed by atoms with Crippen LogP contribution < -0.4 is 19.8 Å². The minimum Gasteiger partial charge on any atom is -0.484 e. The monoisotopic (exact) mass is 454 g/mol. The van der Waals surface area contributed by atoms with E-state index in [1.165, 1.54) is 18.1 Å². The zero-order valence-corrected chi connectivity index (χ0v) is 20.2. The topological polar surface area (TPSA) is 75.0 Å². The molecule has 178 valence electrons. The third-order valence-corrected chi connectivity index (χ3v) is 4.75. The highest BCUT2D eigenvalue weighted by Gasteiger charge is 2.21.